The molecule has 1 heterocycles. The Morgan fingerprint density at radius 2 is 2.24 bits per heavy atom. The van der Waals surface area contributed by atoms with Crippen molar-refractivity contribution in [2.45, 2.75) is 24.3 Å². The molecule has 1 amide bonds. The van der Waals surface area contributed by atoms with Gasteiger partial charge in [0.1, 0.15) is 11.6 Å². The molecule has 7 nitrogen and oxygen atoms in total. The highest BCUT2D eigenvalue weighted by Crippen LogP contribution is 2.23. The number of nitrogens with zero attached hydrogens (tertiary/aromatic N) is 3. The van der Waals surface area contributed by atoms with Crippen molar-refractivity contribution in [1.82, 2.24) is 14.9 Å². The highest BCUT2D eigenvalue weighted by atomic mass is 32.2. The predicted octanol–water partition coefficient (Wildman–Crippen LogP) is 1.43. The predicted molar refractivity (Wildman–Crippen MR) is 81.9 cm³/mol. The van der Waals surface area contributed by atoms with E-state index < -0.39 is 0 Å². The van der Waals surface area contributed by atoms with Crippen molar-refractivity contribution in [3.63, 3.8) is 0 Å². The summed E-state index contributed by atoms with van der Waals surface area (Å²) in [4.78, 5) is 12.2. The number of thioether (sulfide) groups is 1. The maximum Gasteiger partial charge on any atom is 0.237 e. The molecule has 8 heteroatoms. The molecular weight excluding hydrogens is 290 g/mol. The molecule has 0 saturated heterocycles. The van der Waals surface area contributed by atoms with Crippen LogP contribution >= 0.6 is 11.8 Å². The lowest BCUT2D eigenvalue weighted by Crippen LogP contribution is -2.23. The van der Waals surface area contributed by atoms with E-state index in [9.17, 15) is 4.79 Å². The Hall–Kier alpha value is -2.22. The van der Waals surface area contributed by atoms with E-state index in [0.717, 1.165) is 0 Å². The lowest BCUT2D eigenvalue weighted by molar-refractivity contribution is -0.115. The van der Waals surface area contributed by atoms with Gasteiger partial charge >= 0.3 is 0 Å². The molecule has 0 aliphatic rings. The number of aromatic nitrogens is 3. The fourth-order valence-electron chi connectivity index (χ4n) is 1.59. The maximum atomic E-state index is 12.2. The van der Waals surface area contributed by atoms with Crippen LogP contribution < -0.4 is 15.9 Å². The molecule has 1 atom stereocenters. The molecule has 1 aromatic carbocycles. The number of nitrogens with two attached hydrogens (primary N) is 1. The third kappa shape index (κ3) is 3.66. The summed E-state index contributed by atoms with van der Waals surface area (Å²) in [5.41, 5.74) is 0.678. The monoisotopic (exact) mass is 307 g/mol. The molecule has 0 spiro atoms. The summed E-state index contributed by atoms with van der Waals surface area (Å²) in [5, 5.41) is 10.7. The molecule has 3 N–H and O–H groups in total. The average Bonchev–Trinajstić information content (AvgIpc) is 2.79. The van der Waals surface area contributed by atoms with Crippen LogP contribution in [0.25, 0.3) is 0 Å². The average molecular weight is 307 g/mol. The van der Waals surface area contributed by atoms with Gasteiger partial charge in [0.15, 0.2) is 0 Å². The normalized spacial score (nSPS) is 12.0. The Labute approximate surface area is 126 Å². The van der Waals surface area contributed by atoms with E-state index in [2.05, 4.69) is 15.5 Å². The summed E-state index contributed by atoms with van der Waals surface area (Å²) in [5.74, 6) is 6.90. The molecule has 112 valence electrons. The van der Waals surface area contributed by atoms with Crippen LogP contribution in [-0.2, 0) is 4.79 Å². The summed E-state index contributed by atoms with van der Waals surface area (Å²) < 4.78 is 6.48. The van der Waals surface area contributed by atoms with Crippen molar-refractivity contribution in [2.24, 2.45) is 0 Å². The molecule has 21 heavy (non-hydrogen) atoms. The van der Waals surface area contributed by atoms with Gasteiger partial charge in [-0.3, -0.25) is 4.79 Å². The van der Waals surface area contributed by atoms with E-state index >= 15 is 0 Å². The zero-order chi connectivity index (χ0) is 15.4. The van der Waals surface area contributed by atoms with Gasteiger partial charge in [-0.2, -0.15) is 0 Å². The quantitative estimate of drug-likeness (QED) is 0.641. The molecule has 0 radical (unpaired) electrons. The number of hydrogen-bond donors (Lipinski definition) is 2. The first kappa shape index (κ1) is 15.2. The summed E-state index contributed by atoms with van der Waals surface area (Å²) >= 11 is 1.25. The highest BCUT2D eigenvalue weighted by Gasteiger charge is 2.18. The van der Waals surface area contributed by atoms with Gasteiger partial charge in [-0.1, -0.05) is 17.8 Å². The third-order valence-corrected chi connectivity index (χ3v) is 3.88. The van der Waals surface area contributed by atoms with E-state index in [0.29, 0.717) is 22.4 Å². The van der Waals surface area contributed by atoms with Crippen LogP contribution in [0.1, 0.15) is 12.7 Å². The van der Waals surface area contributed by atoms with Gasteiger partial charge in [-0.05, 0) is 26.0 Å². The number of hydrogen-bond acceptors (Lipinski definition) is 6. The Morgan fingerprint density at radius 1 is 1.48 bits per heavy atom. The first-order valence-electron chi connectivity index (χ1n) is 6.30. The molecular formula is C13H17N5O2S. The summed E-state index contributed by atoms with van der Waals surface area (Å²) in [6.45, 7) is 3.53. The molecule has 2 rings (SSSR count). The summed E-state index contributed by atoms with van der Waals surface area (Å²) in [6.07, 6.45) is 0. The van der Waals surface area contributed by atoms with E-state index in [1.807, 2.05) is 12.1 Å². The number of methoxy groups -OCH3 is 1. The minimum Gasteiger partial charge on any atom is -0.497 e. The lowest BCUT2D eigenvalue weighted by atomic mass is 10.3. The second kappa shape index (κ2) is 6.49. The van der Waals surface area contributed by atoms with E-state index in [1.165, 1.54) is 16.4 Å². The maximum absolute atomic E-state index is 12.2. The fraction of sp³-hybridized carbons (Fsp3) is 0.308. The van der Waals surface area contributed by atoms with Crippen molar-refractivity contribution >= 4 is 23.4 Å². The van der Waals surface area contributed by atoms with Crippen LogP contribution in [0.5, 0.6) is 5.75 Å². The van der Waals surface area contributed by atoms with Crippen LogP contribution in [0.3, 0.4) is 0 Å². The molecule has 0 fully saturated rings. The number of nitrogens with one attached hydrogen (secondary N) is 1. The van der Waals surface area contributed by atoms with Crippen LogP contribution in [0.15, 0.2) is 29.4 Å². The van der Waals surface area contributed by atoms with E-state index in [1.54, 1.807) is 33.1 Å². The zero-order valence-electron chi connectivity index (χ0n) is 12.0. The minimum absolute atomic E-state index is 0.145. The van der Waals surface area contributed by atoms with Gasteiger partial charge in [-0.25, -0.2) is 4.68 Å². The molecule has 0 aliphatic carbocycles. The first-order chi connectivity index (χ1) is 10.0. The van der Waals surface area contributed by atoms with Gasteiger partial charge < -0.3 is 15.9 Å². The Kier molecular flexibility index (Phi) is 4.69. The summed E-state index contributed by atoms with van der Waals surface area (Å²) in [6, 6.07) is 7.18. The lowest BCUT2D eigenvalue weighted by Gasteiger charge is -2.12. The van der Waals surface area contributed by atoms with Crippen LogP contribution in [0.4, 0.5) is 5.69 Å². The number of amides is 1. The highest BCUT2D eigenvalue weighted by molar-refractivity contribution is 8.00. The third-order valence-electron chi connectivity index (χ3n) is 2.82. The number of carbonyl (C=O) groups excluding carboxylic acids is 1. The molecule has 2 aromatic rings. The molecule has 0 aliphatic heterocycles. The van der Waals surface area contributed by atoms with Crippen molar-refractivity contribution in [3.05, 3.63) is 30.1 Å². The van der Waals surface area contributed by atoms with E-state index in [4.69, 9.17) is 10.6 Å². The fourth-order valence-corrected chi connectivity index (χ4v) is 2.40. The van der Waals surface area contributed by atoms with Crippen molar-refractivity contribution in [2.75, 3.05) is 18.3 Å². The number of carbonyl (C=O) groups is 1. The SMILES string of the molecule is COc1cccc(NC(=O)[C@H](C)Sc2nnc(C)n2N)c1. The second-order valence-corrected chi connectivity index (χ2v) is 5.69. The second-order valence-electron chi connectivity index (χ2n) is 4.38. The summed E-state index contributed by atoms with van der Waals surface area (Å²) in [7, 11) is 1.58. The Balaban J connectivity index is 2.00. The Bertz CT molecular complexity index is 643. The number of rotatable bonds is 5. The largest absolute Gasteiger partial charge is 0.497 e. The number of ether oxygens (including phenoxy) is 1. The minimum atomic E-state index is -0.359. The molecule has 0 bridgehead atoms. The zero-order valence-corrected chi connectivity index (χ0v) is 12.8. The van der Waals surface area contributed by atoms with Gasteiger partial charge in [0.2, 0.25) is 11.1 Å². The van der Waals surface area contributed by atoms with Crippen molar-refractivity contribution in [3.8, 4) is 5.75 Å². The number of benzene rings is 1. The van der Waals surface area contributed by atoms with E-state index in [-0.39, 0.29) is 11.2 Å². The topological polar surface area (TPSA) is 95.1 Å². The molecule has 1 aromatic heterocycles. The number of aryl methyl sites for hydroxylation is 1. The number of nitrogen functional groups attached to an aromatic ring is 1. The van der Waals surface area contributed by atoms with Gasteiger partial charge in [-0.15, -0.1) is 10.2 Å². The smallest absolute Gasteiger partial charge is 0.237 e. The van der Waals surface area contributed by atoms with Crippen molar-refractivity contribution < 1.29 is 9.53 Å². The van der Waals surface area contributed by atoms with Gasteiger partial charge in [0.25, 0.3) is 0 Å². The standard InChI is InChI=1S/C13H17N5O2S/c1-8(21-13-17-16-9(2)18(13)14)12(19)15-10-5-4-6-11(7-10)20-3/h4-8H,14H2,1-3H3,(H,15,19)/t8-/m0/s1. The molecule has 0 unspecified atom stereocenters. The van der Waals surface area contributed by atoms with Crippen LogP contribution in [0, 0.1) is 6.92 Å². The van der Waals surface area contributed by atoms with Gasteiger partial charge in [0.05, 0.1) is 12.4 Å². The first-order valence-corrected chi connectivity index (χ1v) is 7.18. The van der Waals surface area contributed by atoms with Gasteiger partial charge in [0, 0.05) is 11.8 Å². The Morgan fingerprint density at radius 3 is 2.86 bits per heavy atom. The van der Waals surface area contributed by atoms with Crippen molar-refractivity contribution in [1.29, 1.82) is 0 Å². The van der Waals surface area contributed by atoms with Crippen LogP contribution in [-0.4, -0.2) is 33.1 Å². The van der Waals surface area contributed by atoms with Crippen LogP contribution in [0.2, 0.25) is 0 Å². The molecule has 0 saturated carbocycles. The number of anilines is 1.